The van der Waals surface area contributed by atoms with Gasteiger partial charge in [0.2, 0.25) is 0 Å². The Bertz CT molecular complexity index is 3230. The van der Waals surface area contributed by atoms with E-state index in [-0.39, 0.29) is 5.41 Å². The lowest BCUT2D eigenvalue weighted by Gasteiger charge is -2.30. The molecule has 57 heavy (non-hydrogen) atoms. The molecule has 12 rings (SSSR count). The van der Waals surface area contributed by atoms with Crippen LogP contribution in [-0.4, -0.2) is 0 Å². The SMILES string of the molecule is CC1(C)c2ccccc2-c2c(N(c3ccc(-c4ccccc4)cc3)c3ccc(-c4ccc5c6c(cccc46)-c4ccccc4-5)c4oc5ccccc5c34)cccc21. The fourth-order valence-electron chi connectivity index (χ4n) is 10.0. The molecule has 0 unspecified atom stereocenters. The number of hydrogen-bond donors (Lipinski definition) is 0. The van der Waals surface area contributed by atoms with Gasteiger partial charge < -0.3 is 9.32 Å². The molecule has 0 N–H and O–H groups in total. The predicted octanol–water partition coefficient (Wildman–Crippen LogP) is 15.5. The van der Waals surface area contributed by atoms with E-state index in [0.717, 1.165) is 44.6 Å². The Morgan fingerprint density at radius 1 is 0.386 bits per heavy atom. The van der Waals surface area contributed by atoms with Gasteiger partial charge in [-0.25, -0.2) is 0 Å². The number of nitrogens with zero attached hydrogens (tertiary/aromatic N) is 1. The summed E-state index contributed by atoms with van der Waals surface area (Å²) < 4.78 is 7.02. The Morgan fingerprint density at radius 3 is 1.81 bits per heavy atom. The topological polar surface area (TPSA) is 16.4 Å². The van der Waals surface area contributed by atoms with Crippen molar-refractivity contribution in [3.8, 4) is 55.6 Å². The number of anilines is 3. The zero-order valence-electron chi connectivity index (χ0n) is 31.8. The Kier molecular flexibility index (Phi) is 6.72. The molecule has 268 valence electrons. The molecule has 2 aliphatic carbocycles. The van der Waals surface area contributed by atoms with Crippen molar-refractivity contribution in [2.45, 2.75) is 19.3 Å². The summed E-state index contributed by atoms with van der Waals surface area (Å²) in [4.78, 5) is 2.48. The molecule has 0 spiro atoms. The second-order valence-electron chi connectivity index (χ2n) is 16.0. The third kappa shape index (κ3) is 4.53. The highest BCUT2D eigenvalue weighted by Crippen LogP contribution is 2.56. The number of fused-ring (bicyclic) bond motifs is 9. The van der Waals surface area contributed by atoms with Gasteiger partial charge in [-0.05, 0) is 103 Å². The first-order valence-electron chi connectivity index (χ1n) is 19.9. The van der Waals surface area contributed by atoms with Crippen molar-refractivity contribution in [3.63, 3.8) is 0 Å². The summed E-state index contributed by atoms with van der Waals surface area (Å²) in [5.74, 6) is 0. The Balaban J connectivity index is 1.14. The molecule has 10 aromatic rings. The van der Waals surface area contributed by atoms with Gasteiger partial charge in [0.05, 0.1) is 16.8 Å². The van der Waals surface area contributed by atoms with E-state index in [1.807, 2.05) is 0 Å². The van der Waals surface area contributed by atoms with Gasteiger partial charge in [-0.1, -0.05) is 166 Å². The molecule has 1 heterocycles. The lowest BCUT2D eigenvalue weighted by molar-refractivity contribution is 0.660. The first-order chi connectivity index (χ1) is 28.1. The molecule has 0 saturated carbocycles. The molecule has 2 heteroatoms. The molecule has 2 nitrogen and oxygen atoms in total. The second-order valence-corrected chi connectivity index (χ2v) is 16.0. The normalized spacial score (nSPS) is 13.2. The first-order valence-corrected chi connectivity index (χ1v) is 19.9. The van der Waals surface area contributed by atoms with Gasteiger partial charge >= 0.3 is 0 Å². The van der Waals surface area contributed by atoms with E-state index < -0.39 is 0 Å². The van der Waals surface area contributed by atoms with Crippen molar-refractivity contribution in [1.82, 2.24) is 0 Å². The van der Waals surface area contributed by atoms with Crippen molar-refractivity contribution in [2.75, 3.05) is 4.90 Å². The molecule has 0 fully saturated rings. The number of rotatable bonds is 5. The fourth-order valence-corrected chi connectivity index (χ4v) is 10.0. The third-order valence-electron chi connectivity index (χ3n) is 12.6. The Labute approximate surface area is 331 Å². The number of hydrogen-bond acceptors (Lipinski definition) is 2. The van der Waals surface area contributed by atoms with E-state index >= 15 is 0 Å². The van der Waals surface area contributed by atoms with Gasteiger partial charge in [0, 0.05) is 27.6 Å². The maximum absolute atomic E-state index is 7.02. The van der Waals surface area contributed by atoms with E-state index in [2.05, 4.69) is 207 Å². The number of furan rings is 1. The number of benzene rings is 9. The van der Waals surface area contributed by atoms with Crippen LogP contribution in [0.4, 0.5) is 17.1 Å². The van der Waals surface area contributed by atoms with Gasteiger partial charge in [-0.3, -0.25) is 0 Å². The predicted molar refractivity (Wildman–Crippen MR) is 239 cm³/mol. The molecular weight excluding hydrogens is 691 g/mol. The minimum absolute atomic E-state index is 0.137. The molecule has 0 saturated heterocycles. The lowest BCUT2D eigenvalue weighted by atomic mass is 9.82. The highest BCUT2D eigenvalue weighted by atomic mass is 16.3. The maximum atomic E-state index is 7.02. The van der Waals surface area contributed by atoms with Crippen molar-refractivity contribution < 1.29 is 4.42 Å². The van der Waals surface area contributed by atoms with Crippen LogP contribution in [0.25, 0.3) is 88.3 Å². The van der Waals surface area contributed by atoms with Crippen LogP contribution < -0.4 is 4.90 Å². The van der Waals surface area contributed by atoms with Crippen molar-refractivity contribution in [1.29, 1.82) is 0 Å². The summed E-state index contributed by atoms with van der Waals surface area (Å²) >= 11 is 0. The molecule has 9 aromatic carbocycles. The molecular formula is C55H37NO. The third-order valence-corrected chi connectivity index (χ3v) is 12.6. The lowest BCUT2D eigenvalue weighted by Crippen LogP contribution is -2.16. The summed E-state index contributed by atoms with van der Waals surface area (Å²) in [5.41, 5.74) is 20.1. The highest BCUT2D eigenvalue weighted by molar-refractivity contribution is 6.22. The van der Waals surface area contributed by atoms with Crippen LogP contribution in [0.2, 0.25) is 0 Å². The van der Waals surface area contributed by atoms with Gasteiger partial charge in [-0.15, -0.1) is 0 Å². The molecule has 0 aliphatic heterocycles. The summed E-state index contributed by atoms with van der Waals surface area (Å²) in [7, 11) is 0. The van der Waals surface area contributed by atoms with E-state index in [1.54, 1.807) is 0 Å². The molecule has 0 amide bonds. The van der Waals surface area contributed by atoms with E-state index in [4.69, 9.17) is 4.42 Å². The van der Waals surface area contributed by atoms with Crippen molar-refractivity contribution in [3.05, 3.63) is 199 Å². The fraction of sp³-hybridized carbons (Fsp3) is 0.0545. The van der Waals surface area contributed by atoms with E-state index in [0.29, 0.717) is 0 Å². The van der Waals surface area contributed by atoms with Crippen LogP contribution in [0.5, 0.6) is 0 Å². The standard InChI is InChI=1S/C55H37NO/c1-55(2)46-22-10-8-18-44(46)52-47(55)23-13-24-48(52)56(36-28-26-35(27-29-36)34-14-4-3-5-15-34)49-33-32-43(54-53(49)45-19-9-11-25-50(45)57-54)39-30-31-42-38-17-7-6-16-37(38)40-20-12-21-41(39)51(40)42/h3-33H,1-2H3. The van der Waals surface area contributed by atoms with Crippen LogP contribution in [-0.2, 0) is 5.41 Å². The first kappa shape index (κ1) is 32.1. The zero-order valence-corrected chi connectivity index (χ0v) is 31.8. The minimum Gasteiger partial charge on any atom is -0.455 e. The van der Waals surface area contributed by atoms with Crippen molar-refractivity contribution in [2.24, 2.45) is 0 Å². The molecule has 0 radical (unpaired) electrons. The van der Waals surface area contributed by atoms with E-state index in [9.17, 15) is 0 Å². The van der Waals surface area contributed by atoms with Gasteiger partial charge in [0.25, 0.3) is 0 Å². The van der Waals surface area contributed by atoms with Crippen LogP contribution in [0.3, 0.4) is 0 Å². The van der Waals surface area contributed by atoms with Crippen LogP contribution in [0, 0.1) is 0 Å². The van der Waals surface area contributed by atoms with Gasteiger partial charge in [0.15, 0.2) is 0 Å². The van der Waals surface area contributed by atoms with Crippen LogP contribution >= 0.6 is 0 Å². The summed E-state index contributed by atoms with van der Waals surface area (Å²) in [6.07, 6.45) is 0. The maximum Gasteiger partial charge on any atom is 0.145 e. The molecule has 2 aliphatic rings. The minimum atomic E-state index is -0.137. The summed E-state index contributed by atoms with van der Waals surface area (Å²) in [6.45, 7) is 4.71. The summed E-state index contributed by atoms with van der Waals surface area (Å²) in [6, 6.07) is 68.7. The van der Waals surface area contributed by atoms with Crippen LogP contribution in [0.1, 0.15) is 25.0 Å². The molecule has 0 bridgehead atoms. The monoisotopic (exact) mass is 727 g/mol. The smallest absolute Gasteiger partial charge is 0.145 e. The average molecular weight is 728 g/mol. The average Bonchev–Trinajstić information content (AvgIpc) is 3.89. The number of para-hydroxylation sites is 1. The molecule has 1 aromatic heterocycles. The van der Waals surface area contributed by atoms with Crippen LogP contribution in [0.15, 0.2) is 192 Å². The Morgan fingerprint density at radius 2 is 0.982 bits per heavy atom. The van der Waals surface area contributed by atoms with Gasteiger partial charge in [0.1, 0.15) is 11.2 Å². The quantitative estimate of drug-likeness (QED) is 0.175. The van der Waals surface area contributed by atoms with Crippen molar-refractivity contribution >= 4 is 49.8 Å². The zero-order chi connectivity index (χ0) is 37.8. The largest absolute Gasteiger partial charge is 0.455 e. The highest BCUT2D eigenvalue weighted by Gasteiger charge is 2.38. The van der Waals surface area contributed by atoms with Gasteiger partial charge in [-0.2, -0.15) is 0 Å². The molecule has 0 atom stereocenters. The second kappa shape index (κ2) is 11.9. The Hall–Kier alpha value is -7.16. The summed E-state index contributed by atoms with van der Waals surface area (Å²) in [5, 5.41) is 4.75. The van der Waals surface area contributed by atoms with E-state index in [1.165, 1.54) is 72.0 Å².